The van der Waals surface area contributed by atoms with E-state index < -0.39 is 4.92 Å². The third kappa shape index (κ3) is 3.39. The van der Waals surface area contributed by atoms with Crippen LogP contribution in [-0.4, -0.2) is 10.0 Å². The van der Waals surface area contributed by atoms with Crippen molar-refractivity contribution in [1.82, 2.24) is 0 Å². The molecule has 0 fully saturated rings. The quantitative estimate of drug-likeness (QED) is 0.481. The Labute approximate surface area is 105 Å². The van der Waals surface area contributed by atoms with Crippen molar-refractivity contribution < 1.29 is 4.92 Å². The molecule has 0 aliphatic heterocycles. The van der Waals surface area contributed by atoms with Gasteiger partial charge in [-0.1, -0.05) is 20.8 Å². The highest BCUT2D eigenvalue weighted by molar-refractivity contribution is 7.80. The molecule has 0 radical (unpaired) electrons. The van der Waals surface area contributed by atoms with Gasteiger partial charge in [0.1, 0.15) is 0 Å². The van der Waals surface area contributed by atoms with Gasteiger partial charge in [-0.15, -0.1) is 0 Å². The first-order valence-corrected chi connectivity index (χ1v) is 5.48. The lowest BCUT2D eigenvalue weighted by molar-refractivity contribution is -0.384. The fourth-order valence-electron chi connectivity index (χ4n) is 1.54. The highest BCUT2D eigenvalue weighted by Gasteiger charge is 2.20. The van der Waals surface area contributed by atoms with Gasteiger partial charge in [-0.3, -0.25) is 10.1 Å². The van der Waals surface area contributed by atoms with Crippen LogP contribution in [0.5, 0.6) is 0 Å². The van der Waals surface area contributed by atoms with Crippen molar-refractivity contribution in [3.63, 3.8) is 0 Å². The predicted octanol–water partition coefficient (Wildman–Crippen LogP) is 2.55. The van der Waals surface area contributed by atoms with Crippen LogP contribution in [0, 0.1) is 10.1 Å². The number of benzene rings is 1. The molecule has 6 heteroatoms. The molecule has 0 spiro atoms. The maximum atomic E-state index is 10.7. The Morgan fingerprint density at radius 1 is 1.47 bits per heavy atom. The molecule has 1 aromatic rings. The average Bonchev–Trinajstić information content (AvgIpc) is 2.14. The summed E-state index contributed by atoms with van der Waals surface area (Å²) >= 11 is 4.77. The van der Waals surface area contributed by atoms with E-state index in [0.29, 0.717) is 5.69 Å². The Hall–Kier alpha value is -1.69. The zero-order valence-electron chi connectivity index (χ0n) is 9.98. The summed E-state index contributed by atoms with van der Waals surface area (Å²) in [5.74, 6) is 0. The Balaban J connectivity index is 3.31. The van der Waals surface area contributed by atoms with Crippen molar-refractivity contribution >= 4 is 28.7 Å². The van der Waals surface area contributed by atoms with Crippen molar-refractivity contribution in [3.05, 3.63) is 33.9 Å². The zero-order chi connectivity index (χ0) is 13.2. The van der Waals surface area contributed by atoms with Gasteiger partial charge in [-0.2, -0.15) is 0 Å². The molecule has 0 heterocycles. The van der Waals surface area contributed by atoms with Crippen LogP contribution in [-0.2, 0) is 5.41 Å². The Morgan fingerprint density at radius 3 is 2.47 bits per heavy atom. The number of rotatable bonds is 2. The lowest BCUT2D eigenvalue weighted by atomic mass is 9.85. The van der Waals surface area contributed by atoms with E-state index in [1.165, 1.54) is 12.1 Å². The van der Waals surface area contributed by atoms with Crippen LogP contribution in [0.3, 0.4) is 0 Å². The first-order valence-electron chi connectivity index (χ1n) is 5.07. The van der Waals surface area contributed by atoms with E-state index in [0.717, 1.165) is 5.56 Å². The summed E-state index contributed by atoms with van der Waals surface area (Å²) in [6.45, 7) is 6.04. The predicted molar refractivity (Wildman–Crippen MR) is 72.2 cm³/mol. The third-order valence-corrected chi connectivity index (χ3v) is 2.38. The number of nitro groups is 1. The van der Waals surface area contributed by atoms with Gasteiger partial charge in [0.15, 0.2) is 5.11 Å². The minimum absolute atomic E-state index is 0.0109. The number of nitro benzene ring substituents is 1. The van der Waals surface area contributed by atoms with Crippen LogP contribution in [0.1, 0.15) is 26.3 Å². The molecule has 17 heavy (non-hydrogen) atoms. The summed E-state index contributed by atoms with van der Waals surface area (Å²) in [5.41, 5.74) is 6.78. The van der Waals surface area contributed by atoms with Gasteiger partial charge in [-0.05, 0) is 29.3 Å². The molecule has 0 aliphatic rings. The molecule has 1 rings (SSSR count). The smallest absolute Gasteiger partial charge is 0.271 e. The average molecular weight is 253 g/mol. The Kier molecular flexibility index (Phi) is 3.67. The second kappa shape index (κ2) is 4.67. The standard InChI is InChI=1S/C11H15N3O2S/c1-11(2,3)8-5-4-7(14(15)16)6-9(8)13-10(12)17/h4-6H,1-3H3,(H3,12,13,17). The minimum atomic E-state index is -0.447. The maximum absolute atomic E-state index is 10.7. The molecule has 0 aromatic heterocycles. The molecule has 0 amide bonds. The van der Waals surface area contributed by atoms with Crippen LogP contribution in [0.2, 0.25) is 0 Å². The molecule has 5 nitrogen and oxygen atoms in total. The molecule has 0 aliphatic carbocycles. The summed E-state index contributed by atoms with van der Waals surface area (Å²) < 4.78 is 0. The number of nitrogens with one attached hydrogen (secondary N) is 1. The molecular formula is C11H15N3O2S. The van der Waals surface area contributed by atoms with E-state index in [-0.39, 0.29) is 16.2 Å². The van der Waals surface area contributed by atoms with Crippen molar-refractivity contribution in [1.29, 1.82) is 0 Å². The van der Waals surface area contributed by atoms with Crippen molar-refractivity contribution in [2.24, 2.45) is 5.73 Å². The van der Waals surface area contributed by atoms with Gasteiger partial charge in [-0.25, -0.2) is 0 Å². The topological polar surface area (TPSA) is 81.2 Å². The lowest BCUT2D eigenvalue weighted by Gasteiger charge is -2.22. The van der Waals surface area contributed by atoms with Crippen molar-refractivity contribution in [3.8, 4) is 0 Å². The van der Waals surface area contributed by atoms with Crippen LogP contribution < -0.4 is 11.1 Å². The van der Waals surface area contributed by atoms with E-state index in [2.05, 4.69) is 5.32 Å². The normalized spacial score (nSPS) is 11.0. The minimum Gasteiger partial charge on any atom is -0.376 e. The Bertz CT molecular complexity index is 466. The number of hydrogen-bond acceptors (Lipinski definition) is 3. The Morgan fingerprint density at radius 2 is 2.06 bits per heavy atom. The fraction of sp³-hybridized carbons (Fsp3) is 0.364. The van der Waals surface area contributed by atoms with Crippen molar-refractivity contribution in [2.45, 2.75) is 26.2 Å². The van der Waals surface area contributed by atoms with Gasteiger partial charge in [0, 0.05) is 12.1 Å². The third-order valence-electron chi connectivity index (χ3n) is 2.28. The molecule has 0 saturated heterocycles. The zero-order valence-corrected chi connectivity index (χ0v) is 10.8. The van der Waals surface area contributed by atoms with Gasteiger partial charge in [0.2, 0.25) is 0 Å². The first kappa shape index (κ1) is 13.4. The second-order valence-electron chi connectivity index (χ2n) is 4.73. The molecule has 92 valence electrons. The summed E-state index contributed by atoms with van der Waals surface area (Å²) in [4.78, 5) is 10.3. The number of thiocarbonyl (C=S) groups is 1. The maximum Gasteiger partial charge on any atom is 0.271 e. The van der Waals surface area contributed by atoms with Crippen LogP contribution >= 0.6 is 12.2 Å². The molecule has 1 aromatic carbocycles. The summed E-state index contributed by atoms with van der Waals surface area (Å²) in [5, 5.41) is 13.6. The molecule has 0 saturated carbocycles. The van der Waals surface area contributed by atoms with E-state index in [4.69, 9.17) is 18.0 Å². The SMILES string of the molecule is CC(C)(C)c1ccc([N+](=O)[O-])cc1NC(N)=S. The highest BCUT2D eigenvalue weighted by atomic mass is 32.1. The van der Waals surface area contributed by atoms with Gasteiger partial charge < -0.3 is 11.1 Å². The second-order valence-corrected chi connectivity index (χ2v) is 5.17. The highest BCUT2D eigenvalue weighted by Crippen LogP contribution is 2.32. The molecular weight excluding hydrogens is 238 g/mol. The van der Waals surface area contributed by atoms with Gasteiger partial charge >= 0.3 is 0 Å². The number of anilines is 1. The summed E-state index contributed by atoms with van der Waals surface area (Å²) in [6.07, 6.45) is 0. The van der Waals surface area contributed by atoms with Crippen LogP contribution in [0.4, 0.5) is 11.4 Å². The van der Waals surface area contributed by atoms with E-state index >= 15 is 0 Å². The fourth-order valence-corrected chi connectivity index (χ4v) is 1.65. The number of nitrogens with zero attached hydrogens (tertiary/aromatic N) is 1. The summed E-state index contributed by atoms with van der Waals surface area (Å²) in [6, 6.07) is 4.64. The molecule has 0 bridgehead atoms. The van der Waals surface area contributed by atoms with Crippen molar-refractivity contribution in [2.75, 3.05) is 5.32 Å². The van der Waals surface area contributed by atoms with E-state index in [9.17, 15) is 10.1 Å². The van der Waals surface area contributed by atoms with Gasteiger partial charge in [0.25, 0.3) is 5.69 Å². The first-order chi connectivity index (χ1) is 7.71. The number of hydrogen-bond donors (Lipinski definition) is 2. The van der Waals surface area contributed by atoms with E-state index in [1.807, 2.05) is 20.8 Å². The lowest BCUT2D eigenvalue weighted by Crippen LogP contribution is -2.22. The van der Waals surface area contributed by atoms with Crippen LogP contribution in [0.15, 0.2) is 18.2 Å². The van der Waals surface area contributed by atoms with Crippen LogP contribution in [0.25, 0.3) is 0 Å². The molecule has 3 N–H and O–H groups in total. The van der Waals surface area contributed by atoms with Gasteiger partial charge in [0.05, 0.1) is 10.6 Å². The molecule has 0 atom stereocenters. The largest absolute Gasteiger partial charge is 0.376 e. The monoisotopic (exact) mass is 253 g/mol. The number of non-ortho nitro benzene ring substituents is 1. The summed E-state index contributed by atoms with van der Waals surface area (Å²) in [7, 11) is 0. The molecule has 0 unspecified atom stereocenters. The van der Waals surface area contributed by atoms with E-state index in [1.54, 1.807) is 6.07 Å². The number of nitrogens with two attached hydrogens (primary N) is 1.